The van der Waals surface area contributed by atoms with Crippen molar-refractivity contribution in [2.75, 3.05) is 0 Å². The molecule has 2 aromatic heterocycles. The summed E-state index contributed by atoms with van der Waals surface area (Å²) in [4.78, 5) is 12.4. The summed E-state index contributed by atoms with van der Waals surface area (Å²) in [7, 11) is 0. The van der Waals surface area contributed by atoms with E-state index in [1.807, 2.05) is 18.5 Å². The molecule has 0 fully saturated rings. The van der Waals surface area contributed by atoms with Crippen molar-refractivity contribution in [3.05, 3.63) is 50.1 Å². The van der Waals surface area contributed by atoms with Crippen molar-refractivity contribution in [2.45, 2.75) is 26.9 Å². The number of rotatable bonds is 4. The van der Waals surface area contributed by atoms with Gasteiger partial charge in [-0.25, -0.2) is 0 Å². The van der Waals surface area contributed by atoms with E-state index in [0.29, 0.717) is 12.1 Å². The molecular weight excluding hydrogens is 340 g/mol. The fraction of sp³-hybridized carbons (Fsp3) is 0.308. The Morgan fingerprint density at radius 1 is 1.55 bits per heavy atom. The van der Waals surface area contributed by atoms with Gasteiger partial charge >= 0.3 is 0 Å². The number of thiocarbonyl (C=S) groups is 1. The van der Waals surface area contributed by atoms with Crippen molar-refractivity contribution < 1.29 is 0 Å². The third-order valence-corrected chi connectivity index (χ3v) is 4.31. The fourth-order valence-corrected chi connectivity index (χ4v) is 2.60. The highest BCUT2D eigenvalue weighted by molar-refractivity contribution is 9.10. The van der Waals surface area contributed by atoms with Gasteiger partial charge in [-0.2, -0.15) is 5.10 Å². The summed E-state index contributed by atoms with van der Waals surface area (Å²) in [5.41, 5.74) is 7.59. The van der Waals surface area contributed by atoms with Gasteiger partial charge in [0.05, 0.1) is 28.0 Å². The minimum Gasteiger partial charge on any atom is -0.389 e. The normalized spacial score (nSPS) is 10.8. The van der Waals surface area contributed by atoms with Crippen molar-refractivity contribution in [1.82, 2.24) is 14.3 Å². The highest BCUT2D eigenvalue weighted by Crippen LogP contribution is 2.21. The Morgan fingerprint density at radius 3 is 2.85 bits per heavy atom. The second kappa shape index (κ2) is 5.88. The molecule has 2 heterocycles. The summed E-state index contributed by atoms with van der Waals surface area (Å²) in [6.07, 6.45) is 1.72. The molecule has 0 aliphatic heterocycles. The quantitative estimate of drug-likeness (QED) is 0.850. The van der Waals surface area contributed by atoms with Crippen molar-refractivity contribution in [3.63, 3.8) is 0 Å². The van der Waals surface area contributed by atoms with Crippen LogP contribution in [0.5, 0.6) is 0 Å². The van der Waals surface area contributed by atoms with Gasteiger partial charge in [0.2, 0.25) is 0 Å². The molecule has 0 saturated carbocycles. The van der Waals surface area contributed by atoms with Gasteiger partial charge in [-0.1, -0.05) is 12.2 Å². The molecule has 0 atom stereocenters. The van der Waals surface area contributed by atoms with E-state index < -0.39 is 0 Å². The van der Waals surface area contributed by atoms with Crippen LogP contribution < -0.4 is 11.3 Å². The van der Waals surface area contributed by atoms with Crippen LogP contribution in [0.3, 0.4) is 0 Å². The molecule has 2 aromatic rings. The third-order valence-electron chi connectivity index (χ3n) is 3.06. The minimum atomic E-state index is -0.187. The molecule has 2 rings (SSSR count). The van der Waals surface area contributed by atoms with Crippen molar-refractivity contribution in [1.29, 1.82) is 0 Å². The van der Waals surface area contributed by atoms with Gasteiger partial charge < -0.3 is 10.3 Å². The smallest absolute Gasteiger partial charge is 0.261 e. The summed E-state index contributed by atoms with van der Waals surface area (Å²) in [6.45, 7) is 5.10. The summed E-state index contributed by atoms with van der Waals surface area (Å²) < 4.78 is 4.38. The van der Waals surface area contributed by atoms with E-state index in [2.05, 4.69) is 21.0 Å². The predicted molar refractivity (Wildman–Crippen MR) is 86.0 cm³/mol. The predicted octanol–water partition coefficient (Wildman–Crippen LogP) is 1.82. The highest BCUT2D eigenvalue weighted by atomic mass is 79.9. The van der Waals surface area contributed by atoms with E-state index in [0.717, 1.165) is 22.4 Å². The van der Waals surface area contributed by atoms with E-state index >= 15 is 0 Å². The number of halogens is 1. The Kier molecular flexibility index (Phi) is 4.39. The number of nitrogens with zero attached hydrogens (tertiary/aromatic N) is 3. The summed E-state index contributed by atoms with van der Waals surface area (Å²) in [5, 5.41) is 4.42. The van der Waals surface area contributed by atoms with Crippen LogP contribution in [0.4, 0.5) is 0 Å². The monoisotopic (exact) mass is 354 g/mol. The lowest BCUT2D eigenvalue weighted by Crippen LogP contribution is -2.29. The van der Waals surface area contributed by atoms with Crippen LogP contribution in [0.1, 0.15) is 23.9 Å². The molecule has 5 nitrogen and oxygen atoms in total. The second-order valence-electron chi connectivity index (χ2n) is 4.38. The number of aromatic nitrogens is 3. The molecule has 0 radical (unpaired) electrons. The van der Waals surface area contributed by atoms with E-state index in [1.54, 1.807) is 22.9 Å². The first-order valence-electron chi connectivity index (χ1n) is 6.16. The van der Waals surface area contributed by atoms with Gasteiger partial charge in [0.1, 0.15) is 4.99 Å². The molecule has 0 unspecified atom stereocenters. The van der Waals surface area contributed by atoms with Crippen LogP contribution in [0, 0.1) is 6.92 Å². The Balaban J connectivity index is 2.48. The summed E-state index contributed by atoms with van der Waals surface area (Å²) >= 11 is 8.41. The van der Waals surface area contributed by atoms with Crippen LogP contribution in [0.15, 0.2) is 27.6 Å². The largest absolute Gasteiger partial charge is 0.389 e. The average Bonchev–Trinajstić information content (AvgIpc) is 2.68. The SMILES string of the molecule is CCn1nc(C)c(Br)c1Cn1cccc(C(N)=S)c1=O. The van der Waals surface area contributed by atoms with Gasteiger partial charge in [0, 0.05) is 12.7 Å². The number of nitrogens with two attached hydrogens (primary N) is 1. The van der Waals surface area contributed by atoms with Crippen LogP contribution in [-0.2, 0) is 13.1 Å². The Labute approximate surface area is 130 Å². The number of aryl methyl sites for hydroxylation is 2. The molecule has 2 N–H and O–H groups in total. The van der Waals surface area contributed by atoms with Crippen LogP contribution in [-0.4, -0.2) is 19.3 Å². The first kappa shape index (κ1) is 14.9. The Hall–Kier alpha value is -1.47. The van der Waals surface area contributed by atoms with E-state index in [4.69, 9.17) is 18.0 Å². The molecule has 106 valence electrons. The molecule has 0 amide bonds. The highest BCUT2D eigenvalue weighted by Gasteiger charge is 2.14. The van der Waals surface area contributed by atoms with Crippen molar-refractivity contribution >= 4 is 33.1 Å². The van der Waals surface area contributed by atoms with Crippen LogP contribution in [0.25, 0.3) is 0 Å². The zero-order valence-electron chi connectivity index (χ0n) is 11.3. The van der Waals surface area contributed by atoms with E-state index in [1.165, 1.54) is 0 Å². The Morgan fingerprint density at radius 2 is 2.25 bits per heavy atom. The van der Waals surface area contributed by atoms with E-state index in [9.17, 15) is 4.79 Å². The molecule has 0 bridgehead atoms. The number of pyridine rings is 1. The molecule has 0 saturated heterocycles. The van der Waals surface area contributed by atoms with Gasteiger partial charge in [-0.15, -0.1) is 0 Å². The zero-order chi connectivity index (χ0) is 14.9. The molecule has 0 aliphatic rings. The number of hydrogen-bond acceptors (Lipinski definition) is 3. The van der Waals surface area contributed by atoms with Gasteiger partial charge in [0.25, 0.3) is 5.56 Å². The molecule has 0 aliphatic carbocycles. The fourth-order valence-electron chi connectivity index (χ4n) is 2.03. The maximum atomic E-state index is 12.3. The average molecular weight is 355 g/mol. The molecule has 20 heavy (non-hydrogen) atoms. The molecule has 0 aromatic carbocycles. The van der Waals surface area contributed by atoms with Crippen molar-refractivity contribution in [3.8, 4) is 0 Å². The lowest BCUT2D eigenvalue weighted by atomic mass is 10.2. The first-order valence-corrected chi connectivity index (χ1v) is 7.36. The van der Waals surface area contributed by atoms with E-state index in [-0.39, 0.29) is 10.5 Å². The second-order valence-corrected chi connectivity index (χ2v) is 5.61. The third kappa shape index (κ3) is 2.69. The molecule has 7 heteroatoms. The van der Waals surface area contributed by atoms with Gasteiger partial charge in [-0.05, 0) is 41.9 Å². The number of hydrogen-bond donors (Lipinski definition) is 1. The maximum Gasteiger partial charge on any atom is 0.261 e. The van der Waals surface area contributed by atoms with Crippen LogP contribution in [0.2, 0.25) is 0 Å². The lowest BCUT2D eigenvalue weighted by Gasteiger charge is -2.09. The standard InChI is InChI=1S/C13H15BrN4OS/c1-3-18-10(11(14)8(2)16-18)7-17-6-4-5-9(12(15)20)13(17)19/h4-6H,3,7H2,1-2H3,(H2,15,20). The van der Waals surface area contributed by atoms with Gasteiger partial charge in [-0.3, -0.25) is 9.48 Å². The zero-order valence-corrected chi connectivity index (χ0v) is 13.7. The van der Waals surface area contributed by atoms with Crippen LogP contribution >= 0.6 is 28.1 Å². The first-order chi connectivity index (χ1) is 9.45. The maximum absolute atomic E-state index is 12.3. The Bertz CT molecular complexity index is 720. The van der Waals surface area contributed by atoms with Gasteiger partial charge in [0.15, 0.2) is 0 Å². The molecule has 0 spiro atoms. The summed E-state index contributed by atoms with van der Waals surface area (Å²) in [6, 6.07) is 3.40. The van der Waals surface area contributed by atoms with Crippen molar-refractivity contribution in [2.24, 2.45) is 5.73 Å². The molecular formula is C13H15BrN4OS. The minimum absolute atomic E-state index is 0.114. The summed E-state index contributed by atoms with van der Waals surface area (Å²) in [5.74, 6) is 0. The topological polar surface area (TPSA) is 65.8 Å². The lowest BCUT2D eigenvalue weighted by molar-refractivity contribution is 0.590.